The van der Waals surface area contributed by atoms with Crippen LogP contribution in [0.3, 0.4) is 0 Å². The van der Waals surface area contributed by atoms with Crippen LogP contribution in [0.4, 0.5) is 0 Å². The summed E-state index contributed by atoms with van der Waals surface area (Å²) in [4.78, 5) is 14.3. The van der Waals surface area contributed by atoms with Gasteiger partial charge in [0.2, 0.25) is 5.91 Å². The topological polar surface area (TPSA) is 58.4 Å². The molecule has 0 spiro atoms. The maximum Gasteiger partial charge on any atom is 0.237 e. The Morgan fingerprint density at radius 1 is 1.38 bits per heavy atom. The van der Waals surface area contributed by atoms with Crippen LogP contribution in [0.2, 0.25) is 0 Å². The van der Waals surface area contributed by atoms with Crippen LogP contribution in [0.25, 0.3) is 0 Å². The van der Waals surface area contributed by atoms with E-state index in [4.69, 9.17) is 5.73 Å². The molecular weight excluding hydrogens is 262 g/mol. The van der Waals surface area contributed by atoms with Crippen molar-refractivity contribution >= 4 is 5.91 Å². The van der Waals surface area contributed by atoms with E-state index < -0.39 is 5.54 Å². The number of hydrogen-bond donors (Lipinski definition) is 2. The number of carbonyl (C=O) groups excluding carboxylic acids is 1. The van der Waals surface area contributed by atoms with Gasteiger partial charge in [-0.2, -0.15) is 0 Å². The number of unbranched alkanes of at least 4 members (excludes halogenated alkanes) is 1. The number of nitrogens with two attached hydrogens (primary N) is 1. The first kappa shape index (κ1) is 18.4. The molecule has 124 valence electrons. The molecular formula is C17H35N3O. The normalized spacial score (nSPS) is 18.2. The summed E-state index contributed by atoms with van der Waals surface area (Å²) in [5, 5.41) is 3.31. The molecule has 3 N–H and O–H groups in total. The van der Waals surface area contributed by atoms with Gasteiger partial charge in [0.15, 0.2) is 0 Å². The quantitative estimate of drug-likeness (QED) is 0.544. The number of primary amides is 1. The van der Waals surface area contributed by atoms with Crippen molar-refractivity contribution in [1.29, 1.82) is 0 Å². The van der Waals surface area contributed by atoms with Crippen LogP contribution in [-0.2, 0) is 4.79 Å². The first-order valence-electron chi connectivity index (χ1n) is 8.68. The van der Waals surface area contributed by atoms with Crippen LogP contribution in [0.5, 0.6) is 0 Å². The van der Waals surface area contributed by atoms with Crippen molar-refractivity contribution in [1.82, 2.24) is 10.2 Å². The number of hydrogen-bond acceptors (Lipinski definition) is 3. The zero-order valence-corrected chi connectivity index (χ0v) is 14.5. The summed E-state index contributed by atoms with van der Waals surface area (Å²) >= 11 is 0. The van der Waals surface area contributed by atoms with Gasteiger partial charge in [0.1, 0.15) is 0 Å². The summed E-state index contributed by atoms with van der Waals surface area (Å²) in [6, 6.07) is 0.827. The van der Waals surface area contributed by atoms with Gasteiger partial charge >= 0.3 is 0 Å². The zero-order valence-electron chi connectivity index (χ0n) is 14.5. The second kappa shape index (κ2) is 8.74. The Bertz CT molecular complexity index is 315. The molecule has 0 saturated heterocycles. The third-order valence-electron chi connectivity index (χ3n) is 4.34. The van der Waals surface area contributed by atoms with Crippen molar-refractivity contribution in [3.8, 4) is 0 Å². The monoisotopic (exact) mass is 297 g/mol. The van der Waals surface area contributed by atoms with Gasteiger partial charge in [-0.05, 0) is 64.5 Å². The Morgan fingerprint density at radius 2 is 2.05 bits per heavy atom. The van der Waals surface area contributed by atoms with Crippen molar-refractivity contribution < 1.29 is 4.79 Å². The smallest absolute Gasteiger partial charge is 0.237 e. The molecule has 0 aromatic rings. The zero-order chi connectivity index (χ0) is 15.9. The van der Waals surface area contributed by atoms with Crippen molar-refractivity contribution in [2.24, 2.45) is 11.7 Å². The first-order valence-corrected chi connectivity index (χ1v) is 8.68. The number of amides is 1. The van der Waals surface area contributed by atoms with Crippen LogP contribution in [-0.4, -0.2) is 42.0 Å². The molecule has 1 amide bonds. The molecule has 1 atom stereocenters. The summed E-state index contributed by atoms with van der Waals surface area (Å²) in [5.74, 6) is 0.505. The summed E-state index contributed by atoms with van der Waals surface area (Å²) < 4.78 is 0. The third kappa shape index (κ3) is 6.79. The number of nitrogens with zero attached hydrogens (tertiary/aromatic N) is 1. The average Bonchev–Trinajstić information content (AvgIpc) is 3.23. The first-order chi connectivity index (χ1) is 9.89. The maximum atomic E-state index is 11.7. The number of nitrogens with one attached hydrogen (secondary N) is 1. The lowest BCUT2D eigenvalue weighted by molar-refractivity contribution is -0.124. The van der Waals surface area contributed by atoms with Gasteiger partial charge in [0.25, 0.3) is 0 Å². The lowest BCUT2D eigenvalue weighted by Gasteiger charge is -2.28. The molecule has 1 aliphatic rings. The van der Waals surface area contributed by atoms with Gasteiger partial charge in [-0.15, -0.1) is 0 Å². The Kier molecular flexibility index (Phi) is 7.67. The minimum atomic E-state index is -0.543. The minimum Gasteiger partial charge on any atom is -0.368 e. The molecule has 0 bridgehead atoms. The van der Waals surface area contributed by atoms with Crippen LogP contribution >= 0.6 is 0 Å². The van der Waals surface area contributed by atoms with E-state index in [0.717, 1.165) is 50.7 Å². The Balaban J connectivity index is 2.30. The molecule has 1 unspecified atom stereocenters. The molecule has 4 nitrogen and oxygen atoms in total. The molecule has 0 aromatic heterocycles. The second-order valence-electron chi connectivity index (χ2n) is 7.20. The van der Waals surface area contributed by atoms with E-state index in [1.54, 1.807) is 0 Å². The van der Waals surface area contributed by atoms with Crippen LogP contribution in [0, 0.1) is 5.92 Å². The lowest BCUT2D eigenvalue weighted by atomic mass is 9.93. The van der Waals surface area contributed by atoms with Crippen molar-refractivity contribution in [2.45, 2.75) is 77.8 Å². The average molecular weight is 297 g/mol. The summed E-state index contributed by atoms with van der Waals surface area (Å²) in [5.41, 5.74) is 5.02. The standard InChI is InChI=1S/C17H35N3O/c1-5-11-19-17(4,16(18)21)10-6-7-12-20(13-14(2)3)15-8-9-15/h14-15,19H,5-13H2,1-4H3,(H2,18,21). The Morgan fingerprint density at radius 3 is 2.52 bits per heavy atom. The molecule has 21 heavy (non-hydrogen) atoms. The summed E-state index contributed by atoms with van der Waals surface area (Å²) in [6.45, 7) is 11.8. The van der Waals surface area contributed by atoms with Gasteiger partial charge in [-0.3, -0.25) is 4.79 Å². The molecule has 1 aliphatic carbocycles. The van der Waals surface area contributed by atoms with Crippen molar-refractivity contribution in [3.05, 3.63) is 0 Å². The van der Waals surface area contributed by atoms with Gasteiger partial charge in [0.05, 0.1) is 5.54 Å². The summed E-state index contributed by atoms with van der Waals surface area (Å²) in [6.07, 6.45) is 6.79. The number of rotatable bonds is 12. The number of carbonyl (C=O) groups is 1. The van der Waals surface area contributed by atoms with Crippen molar-refractivity contribution in [3.63, 3.8) is 0 Å². The van der Waals surface area contributed by atoms with E-state index in [1.165, 1.54) is 19.4 Å². The van der Waals surface area contributed by atoms with E-state index in [-0.39, 0.29) is 5.91 Å². The van der Waals surface area contributed by atoms with Gasteiger partial charge < -0.3 is 16.0 Å². The molecule has 1 rings (SSSR count). The van der Waals surface area contributed by atoms with E-state index in [1.807, 2.05) is 6.92 Å². The second-order valence-corrected chi connectivity index (χ2v) is 7.20. The highest BCUT2D eigenvalue weighted by atomic mass is 16.1. The van der Waals surface area contributed by atoms with E-state index in [2.05, 4.69) is 31.0 Å². The molecule has 0 aromatic carbocycles. The molecule has 4 heteroatoms. The molecule has 1 fully saturated rings. The Hall–Kier alpha value is -0.610. The lowest BCUT2D eigenvalue weighted by Crippen LogP contribution is -2.53. The van der Waals surface area contributed by atoms with Crippen LogP contribution < -0.4 is 11.1 Å². The van der Waals surface area contributed by atoms with Crippen molar-refractivity contribution in [2.75, 3.05) is 19.6 Å². The van der Waals surface area contributed by atoms with E-state index in [9.17, 15) is 4.79 Å². The minimum absolute atomic E-state index is 0.225. The molecule has 0 heterocycles. The van der Waals surface area contributed by atoms with Gasteiger partial charge in [-0.1, -0.05) is 20.8 Å². The SMILES string of the molecule is CCCNC(C)(CCCCN(CC(C)C)C1CC1)C(N)=O. The van der Waals surface area contributed by atoms with E-state index >= 15 is 0 Å². The molecule has 0 radical (unpaired) electrons. The predicted molar refractivity (Wildman–Crippen MR) is 89.2 cm³/mol. The third-order valence-corrected chi connectivity index (χ3v) is 4.34. The highest BCUT2D eigenvalue weighted by molar-refractivity contribution is 5.84. The predicted octanol–water partition coefficient (Wildman–Crippen LogP) is 2.52. The Labute approximate surface area is 130 Å². The van der Waals surface area contributed by atoms with Gasteiger partial charge in [-0.25, -0.2) is 0 Å². The fourth-order valence-corrected chi connectivity index (χ4v) is 2.82. The highest BCUT2D eigenvalue weighted by Crippen LogP contribution is 2.28. The van der Waals surface area contributed by atoms with Gasteiger partial charge in [0, 0.05) is 12.6 Å². The molecule has 1 saturated carbocycles. The fraction of sp³-hybridized carbons (Fsp3) is 0.941. The highest BCUT2D eigenvalue weighted by Gasteiger charge is 2.31. The van der Waals surface area contributed by atoms with Crippen LogP contribution in [0.15, 0.2) is 0 Å². The largest absolute Gasteiger partial charge is 0.368 e. The fourth-order valence-electron chi connectivity index (χ4n) is 2.82. The summed E-state index contributed by atoms with van der Waals surface area (Å²) in [7, 11) is 0. The maximum absolute atomic E-state index is 11.7. The molecule has 0 aliphatic heterocycles. The van der Waals surface area contributed by atoms with E-state index in [0.29, 0.717) is 0 Å². The van der Waals surface area contributed by atoms with Crippen LogP contribution in [0.1, 0.15) is 66.2 Å².